The molecule has 0 aliphatic rings. The van der Waals surface area contributed by atoms with E-state index in [1.807, 2.05) is 0 Å². The first-order chi connectivity index (χ1) is 13.0. The minimum atomic E-state index is -1.86. The maximum Gasteiger partial charge on any atom is 0.325 e. The zero-order valence-corrected chi connectivity index (χ0v) is 19.2. The Balaban J connectivity index is 2.92. The zero-order valence-electron chi connectivity index (χ0n) is 18.2. The van der Waals surface area contributed by atoms with Crippen molar-refractivity contribution in [1.29, 1.82) is 0 Å². The van der Waals surface area contributed by atoms with Crippen LogP contribution in [0.15, 0.2) is 24.3 Å². The average Bonchev–Trinajstić information content (AvgIpc) is 2.59. The molecule has 1 rings (SSSR count). The highest BCUT2D eigenvalue weighted by atomic mass is 28.4. The molecular weight excluding hydrogens is 376 g/mol. The molecule has 0 N–H and O–H groups in total. The lowest BCUT2D eigenvalue weighted by Gasteiger charge is -2.36. The van der Waals surface area contributed by atoms with E-state index in [2.05, 4.69) is 33.9 Å². The summed E-state index contributed by atoms with van der Waals surface area (Å²) in [5, 5.41) is 0.115. The van der Waals surface area contributed by atoms with Crippen molar-refractivity contribution in [2.75, 3.05) is 26.4 Å². The van der Waals surface area contributed by atoms with Gasteiger partial charge in [-0.1, -0.05) is 39.0 Å². The summed E-state index contributed by atoms with van der Waals surface area (Å²) >= 11 is 0. The Hall–Kier alpha value is -1.86. The predicted molar refractivity (Wildman–Crippen MR) is 111 cm³/mol. The van der Waals surface area contributed by atoms with E-state index in [0.29, 0.717) is 24.5 Å². The van der Waals surface area contributed by atoms with Gasteiger partial charge in [-0.2, -0.15) is 0 Å². The van der Waals surface area contributed by atoms with Crippen LogP contribution in [0.4, 0.5) is 0 Å². The van der Waals surface area contributed by atoms with Gasteiger partial charge in [-0.25, -0.2) is 0 Å². The third-order valence-corrected chi connectivity index (χ3v) is 9.42. The Morgan fingerprint density at radius 2 is 1.50 bits per heavy atom. The summed E-state index contributed by atoms with van der Waals surface area (Å²) in [7, 11) is -1.86. The molecule has 1 aromatic rings. The van der Waals surface area contributed by atoms with E-state index in [1.165, 1.54) is 0 Å². The van der Waals surface area contributed by atoms with Crippen LogP contribution < -0.4 is 4.74 Å². The van der Waals surface area contributed by atoms with Gasteiger partial charge in [0.1, 0.15) is 12.4 Å². The molecule has 0 aromatic heterocycles. The Morgan fingerprint density at radius 3 is 2.00 bits per heavy atom. The molecule has 1 aromatic carbocycles. The third-order valence-electron chi connectivity index (χ3n) is 4.88. The molecule has 0 amide bonds. The molecule has 0 unspecified atom stereocenters. The number of ether oxygens (including phenoxy) is 3. The van der Waals surface area contributed by atoms with E-state index in [1.54, 1.807) is 38.1 Å². The van der Waals surface area contributed by atoms with Gasteiger partial charge in [0.2, 0.25) is 0 Å². The second-order valence-electron chi connectivity index (χ2n) is 7.93. The molecule has 158 valence electrons. The first kappa shape index (κ1) is 24.2. The van der Waals surface area contributed by atoms with E-state index in [-0.39, 0.29) is 18.3 Å². The van der Waals surface area contributed by atoms with Crippen molar-refractivity contribution in [3.05, 3.63) is 29.8 Å². The fraction of sp³-hybridized carbons (Fsp3) is 0.619. The van der Waals surface area contributed by atoms with Gasteiger partial charge in [-0.15, -0.1) is 0 Å². The summed E-state index contributed by atoms with van der Waals surface area (Å²) in [5.41, 5.74) is 0.437. The van der Waals surface area contributed by atoms with Crippen molar-refractivity contribution in [2.24, 2.45) is 0 Å². The maximum absolute atomic E-state index is 12.4. The quantitative estimate of drug-likeness (QED) is 0.248. The molecule has 0 saturated heterocycles. The summed E-state index contributed by atoms with van der Waals surface area (Å²) in [5.74, 6) is -2.01. The molecular formula is C21H34O6Si. The number of rotatable bonds is 10. The zero-order chi connectivity index (χ0) is 21.4. The second kappa shape index (κ2) is 10.6. The molecule has 0 aliphatic heterocycles. The van der Waals surface area contributed by atoms with Crippen LogP contribution >= 0.6 is 0 Å². The number of hydrogen-bond donors (Lipinski definition) is 0. The van der Waals surface area contributed by atoms with Gasteiger partial charge in [0.15, 0.2) is 14.2 Å². The first-order valence-electron chi connectivity index (χ1n) is 9.74. The monoisotopic (exact) mass is 410 g/mol. The summed E-state index contributed by atoms with van der Waals surface area (Å²) in [6, 6.07) is 6.95. The number of para-hydroxylation sites is 1. The largest absolute Gasteiger partial charge is 0.491 e. The Kier molecular flexibility index (Phi) is 9.17. The first-order valence-corrected chi connectivity index (χ1v) is 12.6. The Bertz CT molecular complexity index is 633. The van der Waals surface area contributed by atoms with Crippen LogP contribution in [-0.4, -0.2) is 46.7 Å². The molecule has 7 heteroatoms. The molecule has 0 atom stereocenters. The summed E-state index contributed by atoms with van der Waals surface area (Å²) in [6.45, 7) is 15.4. The van der Waals surface area contributed by atoms with Crippen LogP contribution in [0.5, 0.6) is 5.75 Å². The lowest BCUT2D eigenvalue weighted by molar-refractivity contribution is -0.157. The highest BCUT2D eigenvalue weighted by Crippen LogP contribution is 2.36. The van der Waals surface area contributed by atoms with E-state index >= 15 is 0 Å². The van der Waals surface area contributed by atoms with Crippen molar-refractivity contribution < 1.29 is 28.2 Å². The number of esters is 2. The average molecular weight is 411 g/mol. The van der Waals surface area contributed by atoms with Gasteiger partial charge in [-0.05, 0) is 38.0 Å². The number of carbonyl (C=O) groups excluding carboxylic acids is 2. The van der Waals surface area contributed by atoms with Crippen molar-refractivity contribution in [3.63, 3.8) is 0 Å². The fourth-order valence-electron chi connectivity index (χ4n) is 2.32. The Labute approximate surface area is 169 Å². The SMILES string of the molecule is CCOC(=O)C(C(=O)OCC)c1ccccc1OCCO[Si](C)(C)C(C)(C)C. The van der Waals surface area contributed by atoms with Gasteiger partial charge in [-0.3, -0.25) is 9.59 Å². The minimum absolute atomic E-state index is 0.115. The molecule has 0 saturated carbocycles. The van der Waals surface area contributed by atoms with Crippen molar-refractivity contribution in [3.8, 4) is 5.75 Å². The van der Waals surface area contributed by atoms with Gasteiger partial charge in [0.05, 0.1) is 19.8 Å². The van der Waals surface area contributed by atoms with Gasteiger partial charge in [0, 0.05) is 5.56 Å². The number of benzene rings is 1. The van der Waals surface area contributed by atoms with Crippen molar-refractivity contribution in [2.45, 2.75) is 58.7 Å². The van der Waals surface area contributed by atoms with Crippen molar-refractivity contribution in [1.82, 2.24) is 0 Å². The van der Waals surface area contributed by atoms with E-state index in [9.17, 15) is 9.59 Å². The maximum atomic E-state index is 12.4. The molecule has 0 spiro atoms. The van der Waals surface area contributed by atoms with Crippen LogP contribution in [0.3, 0.4) is 0 Å². The topological polar surface area (TPSA) is 71.1 Å². The third kappa shape index (κ3) is 6.63. The fourth-order valence-corrected chi connectivity index (χ4v) is 3.34. The van der Waals surface area contributed by atoms with Gasteiger partial charge >= 0.3 is 11.9 Å². The van der Waals surface area contributed by atoms with E-state index in [4.69, 9.17) is 18.6 Å². The number of carbonyl (C=O) groups is 2. The smallest absolute Gasteiger partial charge is 0.325 e. The highest BCUT2D eigenvalue weighted by Gasteiger charge is 2.37. The van der Waals surface area contributed by atoms with Crippen LogP contribution in [0.2, 0.25) is 18.1 Å². The minimum Gasteiger partial charge on any atom is -0.491 e. The van der Waals surface area contributed by atoms with Crippen LogP contribution in [0.25, 0.3) is 0 Å². The van der Waals surface area contributed by atoms with Crippen molar-refractivity contribution >= 4 is 20.3 Å². The van der Waals surface area contributed by atoms with E-state index in [0.717, 1.165) is 0 Å². The van der Waals surface area contributed by atoms with Crippen LogP contribution in [-0.2, 0) is 23.5 Å². The van der Waals surface area contributed by atoms with Gasteiger partial charge < -0.3 is 18.6 Å². The molecule has 0 fully saturated rings. The summed E-state index contributed by atoms with van der Waals surface area (Å²) < 4.78 is 22.1. The molecule has 0 aliphatic carbocycles. The molecule has 0 radical (unpaired) electrons. The summed E-state index contributed by atoms with van der Waals surface area (Å²) in [6.07, 6.45) is 0. The lowest BCUT2D eigenvalue weighted by atomic mass is 9.98. The summed E-state index contributed by atoms with van der Waals surface area (Å²) in [4.78, 5) is 24.8. The highest BCUT2D eigenvalue weighted by molar-refractivity contribution is 6.74. The number of hydrogen-bond acceptors (Lipinski definition) is 6. The van der Waals surface area contributed by atoms with E-state index < -0.39 is 26.2 Å². The Morgan fingerprint density at radius 1 is 0.964 bits per heavy atom. The lowest BCUT2D eigenvalue weighted by Crippen LogP contribution is -2.41. The molecule has 6 nitrogen and oxygen atoms in total. The van der Waals surface area contributed by atoms with Gasteiger partial charge in [0.25, 0.3) is 0 Å². The molecule has 0 heterocycles. The second-order valence-corrected chi connectivity index (χ2v) is 12.7. The molecule has 28 heavy (non-hydrogen) atoms. The van der Waals surface area contributed by atoms with Crippen LogP contribution in [0, 0.1) is 0 Å². The standard InChI is InChI=1S/C21H34O6Si/c1-8-24-19(22)18(20(23)25-9-2)16-12-10-11-13-17(16)26-14-15-27-28(6,7)21(3,4)5/h10-13,18H,8-9,14-15H2,1-7H3. The predicted octanol–water partition coefficient (Wildman–Crippen LogP) is 4.30. The normalized spacial score (nSPS) is 12.0. The molecule has 0 bridgehead atoms. The van der Waals surface area contributed by atoms with Crippen LogP contribution in [0.1, 0.15) is 46.1 Å².